The number of rotatable bonds is 9. The second-order valence-electron chi connectivity index (χ2n) is 6.56. The minimum atomic E-state index is -0.148. The Morgan fingerprint density at radius 2 is 1.94 bits per heavy atom. The van der Waals surface area contributed by atoms with Crippen LogP contribution in [0.4, 0.5) is 5.69 Å². The van der Waals surface area contributed by atoms with Crippen LogP contribution in [0, 0.1) is 0 Å². The molecule has 0 fully saturated rings. The molecule has 4 rings (SSSR count). The van der Waals surface area contributed by atoms with Gasteiger partial charge in [-0.15, -0.1) is 22.7 Å². The highest BCUT2D eigenvalue weighted by Crippen LogP contribution is 2.36. The van der Waals surface area contributed by atoms with E-state index in [1.807, 2.05) is 47.8 Å². The fraction of sp³-hybridized carbons (Fsp3) is 0.174. The summed E-state index contributed by atoms with van der Waals surface area (Å²) in [7, 11) is 1.61. The van der Waals surface area contributed by atoms with E-state index >= 15 is 0 Å². The zero-order chi connectivity index (χ0) is 21.5. The molecule has 0 unspecified atom stereocenters. The van der Waals surface area contributed by atoms with E-state index in [4.69, 9.17) is 14.5 Å². The Labute approximate surface area is 188 Å². The predicted octanol–water partition coefficient (Wildman–Crippen LogP) is 5.14. The molecule has 0 saturated carbocycles. The number of amides is 1. The van der Waals surface area contributed by atoms with E-state index in [-0.39, 0.29) is 12.3 Å². The van der Waals surface area contributed by atoms with E-state index in [1.165, 1.54) is 0 Å². The average molecular weight is 452 g/mol. The van der Waals surface area contributed by atoms with Gasteiger partial charge in [-0.2, -0.15) is 0 Å². The number of carbonyl (C=O) groups is 1. The summed E-state index contributed by atoms with van der Waals surface area (Å²) in [6, 6.07) is 17.6. The van der Waals surface area contributed by atoms with Crippen LogP contribution in [0.2, 0.25) is 0 Å². The number of aromatic nitrogens is 2. The van der Waals surface area contributed by atoms with Gasteiger partial charge in [0.15, 0.2) is 0 Å². The third-order valence-electron chi connectivity index (χ3n) is 4.37. The van der Waals surface area contributed by atoms with Crippen molar-refractivity contribution in [2.75, 3.05) is 25.6 Å². The number of carbonyl (C=O) groups excluding carboxylic acids is 1. The van der Waals surface area contributed by atoms with Crippen molar-refractivity contribution in [3.8, 4) is 27.0 Å². The summed E-state index contributed by atoms with van der Waals surface area (Å²) < 4.78 is 10.6. The van der Waals surface area contributed by atoms with Crippen LogP contribution in [-0.4, -0.2) is 36.2 Å². The van der Waals surface area contributed by atoms with Gasteiger partial charge in [-0.05, 0) is 23.6 Å². The van der Waals surface area contributed by atoms with Gasteiger partial charge >= 0.3 is 0 Å². The Balaban J connectivity index is 1.55. The molecule has 0 atom stereocenters. The van der Waals surface area contributed by atoms with E-state index in [1.54, 1.807) is 48.1 Å². The largest absolute Gasteiger partial charge is 0.474 e. The smallest absolute Gasteiger partial charge is 0.237 e. The molecule has 8 heteroatoms. The minimum Gasteiger partial charge on any atom is -0.474 e. The van der Waals surface area contributed by atoms with Crippen molar-refractivity contribution in [2.24, 2.45) is 0 Å². The molecule has 0 aliphatic rings. The van der Waals surface area contributed by atoms with E-state index < -0.39 is 0 Å². The first kappa shape index (κ1) is 21.2. The molecule has 0 bridgehead atoms. The Bertz CT molecular complexity index is 1130. The van der Waals surface area contributed by atoms with Crippen LogP contribution in [-0.2, 0) is 16.0 Å². The zero-order valence-corrected chi connectivity index (χ0v) is 18.5. The fourth-order valence-electron chi connectivity index (χ4n) is 2.94. The first-order chi connectivity index (χ1) is 15.2. The molecule has 158 valence electrons. The summed E-state index contributed by atoms with van der Waals surface area (Å²) >= 11 is 3.16. The zero-order valence-electron chi connectivity index (χ0n) is 16.9. The standard InChI is InChI=1S/C23H21N3O3S2/c1-28-12-13-29-22-17(9-5-11-24-22)25-20(27)15-19-21(18-10-6-14-30-18)26-23(31-19)16-7-3-2-4-8-16/h2-11,14H,12-13,15H2,1H3,(H,25,27). The number of anilines is 1. The molecule has 0 radical (unpaired) electrons. The summed E-state index contributed by atoms with van der Waals surface area (Å²) in [4.78, 5) is 23.9. The molecule has 0 aliphatic carbocycles. The van der Waals surface area contributed by atoms with Gasteiger partial charge in [-0.3, -0.25) is 4.79 Å². The molecule has 4 aromatic rings. The van der Waals surface area contributed by atoms with Crippen LogP contribution in [0.5, 0.6) is 5.88 Å². The molecule has 0 aliphatic heterocycles. The van der Waals surface area contributed by atoms with Crippen molar-refractivity contribution in [1.29, 1.82) is 0 Å². The lowest BCUT2D eigenvalue weighted by Gasteiger charge is -2.11. The normalized spacial score (nSPS) is 10.7. The number of nitrogens with zero attached hydrogens (tertiary/aromatic N) is 2. The molecule has 3 aromatic heterocycles. The average Bonchev–Trinajstić information content (AvgIpc) is 3.46. The van der Waals surface area contributed by atoms with Gasteiger partial charge < -0.3 is 14.8 Å². The van der Waals surface area contributed by atoms with Gasteiger partial charge in [0.1, 0.15) is 17.3 Å². The highest BCUT2D eigenvalue weighted by atomic mass is 32.1. The molecule has 0 spiro atoms. The number of hydrogen-bond acceptors (Lipinski definition) is 7. The molecule has 1 amide bonds. The maximum Gasteiger partial charge on any atom is 0.237 e. The topological polar surface area (TPSA) is 73.3 Å². The SMILES string of the molecule is COCCOc1ncccc1NC(=O)Cc1sc(-c2ccccc2)nc1-c1cccs1. The highest BCUT2D eigenvalue weighted by molar-refractivity contribution is 7.17. The van der Waals surface area contributed by atoms with Crippen LogP contribution in [0.15, 0.2) is 66.2 Å². The molecule has 6 nitrogen and oxygen atoms in total. The third-order valence-corrected chi connectivity index (χ3v) is 6.35. The van der Waals surface area contributed by atoms with Crippen molar-refractivity contribution in [3.63, 3.8) is 0 Å². The second kappa shape index (κ2) is 10.3. The van der Waals surface area contributed by atoms with Gasteiger partial charge in [-0.25, -0.2) is 9.97 Å². The number of methoxy groups -OCH3 is 1. The summed E-state index contributed by atoms with van der Waals surface area (Å²) in [5.41, 5.74) is 2.43. The monoisotopic (exact) mass is 451 g/mol. The third kappa shape index (κ3) is 5.35. The van der Waals surface area contributed by atoms with Crippen LogP contribution in [0.1, 0.15) is 4.88 Å². The van der Waals surface area contributed by atoms with E-state index in [9.17, 15) is 4.79 Å². The van der Waals surface area contributed by atoms with Crippen molar-refractivity contribution in [2.45, 2.75) is 6.42 Å². The quantitative estimate of drug-likeness (QED) is 0.357. The second-order valence-corrected chi connectivity index (χ2v) is 8.59. The Hall–Kier alpha value is -3.07. The first-order valence-corrected chi connectivity index (χ1v) is 11.4. The Morgan fingerprint density at radius 1 is 1.06 bits per heavy atom. The van der Waals surface area contributed by atoms with Gasteiger partial charge in [0.25, 0.3) is 0 Å². The number of hydrogen-bond donors (Lipinski definition) is 1. The number of benzene rings is 1. The van der Waals surface area contributed by atoms with Gasteiger partial charge in [0, 0.05) is 23.7 Å². The molecular weight excluding hydrogens is 430 g/mol. The molecule has 31 heavy (non-hydrogen) atoms. The van der Waals surface area contributed by atoms with Gasteiger partial charge in [0.05, 0.1) is 23.6 Å². The van der Waals surface area contributed by atoms with Crippen molar-refractivity contribution >= 4 is 34.3 Å². The van der Waals surface area contributed by atoms with E-state index in [0.29, 0.717) is 24.8 Å². The van der Waals surface area contributed by atoms with Crippen molar-refractivity contribution in [3.05, 3.63) is 71.1 Å². The Morgan fingerprint density at radius 3 is 2.71 bits per heavy atom. The van der Waals surface area contributed by atoms with Gasteiger partial charge in [0.2, 0.25) is 11.8 Å². The molecule has 0 saturated heterocycles. The first-order valence-electron chi connectivity index (χ1n) is 9.70. The van der Waals surface area contributed by atoms with Crippen LogP contribution < -0.4 is 10.1 Å². The number of pyridine rings is 1. The lowest BCUT2D eigenvalue weighted by molar-refractivity contribution is -0.115. The van der Waals surface area contributed by atoms with Crippen LogP contribution in [0.25, 0.3) is 21.1 Å². The lowest BCUT2D eigenvalue weighted by atomic mass is 10.2. The maximum absolute atomic E-state index is 12.9. The predicted molar refractivity (Wildman–Crippen MR) is 125 cm³/mol. The minimum absolute atomic E-state index is 0.148. The van der Waals surface area contributed by atoms with E-state index in [2.05, 4.69) is 10.3 Å². The number of thiazole rings is 1. The van der Waals surface area contributed by atoms with Gasteiger partial charge in [-0.1, -0.05) is 36.4 Å². The van der Waals surface area contributed by atoms with Crippen molar-refractivity contribution in [1.82, 2.24) is 9.97 Å². The maximum atomic E-state index is 12.9. The molecule has 3 heterocycles. The number of thiophene rings is 1. The van der Waals surface area contributed by atoms with Crippen LogP contribution in [0.3, 0.4) is 0 Å². The molecular formula is C23H21N3O3S2. The highest BCUT2D eigenvalue weighted by Gasteiger charge is 2.19. The fourth-order valence-corrected chi connectivity index (χ4v) is 4.83. The summed E-state index contributed by atoms with van der Waals surface area (Å²) in [6.45, 7) is 0.797. The Kier molecular flexibility index (Phi) is 7.03. The van der Waals surface area contributed by atoms with E-state index in [0.717, 1.165) is 26.0 Å². The van der Waals surface area contributed by atoms with Crippen LogP contribution >= 0.6 is 22.7 Å². The van der Waals surface area contributed by atoms with Crippen molar-refractivity contribution < 1.29 is 14.3 Å². The summed E-state index contributed by atoms with van der Waals surface area (Å²) in [5, 5.41) is 5.84. The number of ether oxygens (including phenoxy) is 2. The lowest BCUT2D eigenvalue weighted by Crippen LogP contribution is -2.16. The summed E-state index contributed by atoms with van der Waals surface area (Å²) in [5.74, 6) is 0.228. The summed E-state index contributed by atoms with van der Waals surface area (Å²) in [6.07, 6.45) is 1.84. The number of nitrogens with one attached hydrogen (secondary N) is 1. The molecule has 1 N–H and O–H groups in total. The molecule has 1 aromatic carbocycles.